The first-order valence-corrected chi connectivity index (χ1v) is 8.41. The molecule has 0 aliphatic heterocycles. The van der Waals surface area contributed by atoms with Crippen molar-refractivity contribution in [3.8, 4) is 0 Å². The molecular weight excluding hydrogens is 242 g/mol. The van der Waals surface area contributed by atoms with Crippen molar-refractivity contribution >= 4 is 10.8 Å². The fourth-order valence-corrected chi connectivity index (χ4v) is 4.11. The van der Waals surface area contributed by atoms with E-state index in [1.807, 2.05) is 6.26 Å². The summed E-state index contributed by atoms with van der Waals surface area (Å²) in [5, 5.41) is 3.82. The Kier molecular flexibility index (Phi) is 4.57. The van der Waals surface area contributed by atoms with Gasteiger partial charge in [0, 0.05) is 23.1 Å². The summed E-state index contributed by atoms with van der Waals surface area (Å²) < 4.78 is 12.0. The normalized spacial score (nSPS) is 28.7. The van der Waals surface area contributed by atoms with Crippen molar-refractivity contribution in [3.63, 3.8) is 0 Å². The van der Waals surface area contributed by atoms with Gasteiger partial charge in [0.2, 0.25) is 0 Å². The summed E-state index contributed by atoms with van der Waals surface area (Å²) in [4.78, 5) is 0. The minimum Gasteiger partial charge on any atom is -0.309 e. The van der Waals surface area contributed by atoms with Crippen LogP contribution < -0.4 is 5.32 Å². The molecule has 1 N–H and O–H groups in total. The highest BCUT2D eigenvalue weighted by atomic mass is 32.2. The van der Waals surface area contributed by atoms with Crippen LogP contribution in [0.3, 0.4) is 0 Å². The zero-order chi connectivity index (χ0) is 13.1. The molecule has 4 unspecified atom stereocenters. The fraction of sp³-hybridized carbons (Fsp3) is 0.600. The van der Waals surface area contributed by atoms with E-state index in [-0.39, 0.29) is 11.3 Å². The Bertz CT molecular complexity index is 432. The maximum atomic E-state index is 12.0. The molecule has 1 aliphatic rings. The van der Waals surface area contributed by atoms with Gasteiger partial charge >= 0.3 is 0 Å². The highest BCUT2D eigenvalue weighted by Crippen LogP contribution is 2.39. The van der Waals surface area contributed by atoms with Crippen LogP contribution in [0.25, 0.3) is 0 Å². The highest BCUT2D eigenvalue weighted by molar-refractivity contribution is 7.84. The minimum absolute atomic E-state index is 0.237. The number of rotatable bonds is 4. The van der Waals surface area contributed by atoms with Gasteiger partial charge in [-0.05, 0) is 36.4 Å². The molecule has 4 atom stereocenters. The molecule has 18 heavy (non-hydrogen) atoms. The molecule has 0 heterocycles. The van der Waals surface area contributed by atoms with E-state index in [0.717, 1.165) is 19.4 Å². The molecule has 1 aliphatic carbocycles. The van der Waals surface area contributed by atoms with Gasteiger partial charge in [0.25, 0.3) is 0 Å². The van der Waals surface area contributed by atoms with Crippen LogP contribution in [0.4, 0.5) is 0 Å². The molecule has 0 radical (unpaired) electrons. The van der Waals surface area contributed by atoms with E-state index in [2.05, 4.69) is 43.4 Å². The lowest BCUT2D eigenvalue weighted by Crippen LogP contribution is -2.39. The molecule has 0 bridgehead atoms. The molecule has 0 aromatic heterocycles. The maximum absolute atomic E-state index is 12.0. The quantitative estimate of drug-likeness (QED) is 0.907. The molecule has 100 valence electrons. The van der Waals surface area contributed by atoms with E-state index in [1.165, 1.54) is 11.1 Å². The second-order valence-corrected chi connectivity index (χ2v) is 6.84. The van der Waals surface area contributed by atoms with Gasteiger partial charge in [-0.2, -0.15) is 0 Å². The molecule has 1 aromatic rings. The Balaban J connectivity index is 2.36. The molecule has 0 spiro atoms. The van der Waals surface area contributed by atoms with E-state index >= 15 is 0 Å². The SMILES string of the molecule is CCCNC1c2ccccc2C(C)CC1S(C)=O. The lowest BCUT2D eigenvalue weighted by Gasteiger charge is -2.36. The first kappa shape index (κ1) is 13.8. The third kappa shape index (κ3) is 2.67. The Morgan fingerprint density at radius 3 is 2.61 bits per heavy atom. The fourth-order valence-electron chi connectivity index (χ4n) is 2.92. The van der Waals surface area contributed by atoms with Crippen LogP contribution in [0.15, 0.2) is 24.3 Å². The molecule has 0 saturated carbocycles. The largest absolute Gasteiger partial charge is 0.309 e. The van der Waals surface area contributed by atoms with Gasteiger partial charge in [-0.1, -0.05) is 38.1 Å². The van der Waals surface area contributed by atoms with Crippen molar-refractivity contribution < 1.29 is 4.21 Å². The first-order chi connectivity index (χ1) is 8.65. The average Bonchev–Trinajstić information content (AvgIpc) is 2.37. The first-order valence-electron chi connectivity index (χ1n) is 6.79. The van der Waals surface area contributed by atoms with E-state index in [4.69, 9.17) is 0 Å². The van der Waals surface area contributed by atoms with Crippen molar-refractivity contribution in [1.82, 2.24) is 5.32 Å². The number of hydrogen-bond acceptors (Lipinski definition) is 2. The Hall–Kier alpha value is -0.670. The van der Waals surface area contributed by atoms with Crippen molar-refractivity contribution in [3.05, 3.63) is 35.4 Å². The topological polar surface area (TPSA) is 29.1 Å². The predicted molar refractivity (Wildman–Crippen MR) is 78.4 cm³/mol. The van der Waals surface area contributed by atoms with Crippen molar-refractivity contribution in [2.75, 3.05) is 12.8 Å². The Morgan fingerprint density at radius 1 is 1.33 bits per heavy atom. The minimum atomic E-state index is -0.776. The molecule has 0 saturated heterocycles. The van der Waals surface area contributed by atoms with Crippen LogP contribution in [-0.2, 0) is 10.8 Å². The lowest BCUT2D eigenvalue weighted by molar-refractivity contribution is 0.437. The highest BCUT2D eigenvalue weighted by Gasteiger charge is 2.34. The van der Waals surface area contributed by atoms with E-state index in [9.17, 15) is 4.21 Å². The van der Waals surface area contributed by atoms with Crippen molar-refractivity contribution in [2.24, 2.45) is 0 Å². The maximum Gasteiger partial charge on any atom is 0.0545 e. The lowest BCUT2D eigenvalue weighted by atomic mass is 9.80. The number of fused-ring (bicyclic) bond motifs is 1. The average molecular weight is 265 g/mol. The van der Waals surface area contributed by atoms with Gasteiger partial charge in [0.15, 0.2) is 0 Å². The zero-order valence-corrected chi connectivity index (χ0v) is 12.3. The van der Waals surface area contributed by atoms with E-state index in [0.29, 0.717) is 5.92 Å². The molecule has 3 heteroatoms. The predicted octanol–water partition coefficient (Wildman–Crippen LogP) is 2.98. The summed E-state index contributed by atoms with van der Waals surface area (Å²) in [5.74, 6) is 0.509. The summed E-state index contributed by atoms with van der Waals surface area (Å²) in [6, 6.07) is 8.86. The zero-order valence-electron chi connectivity index (χ0n) is 11.5. The van der Waals surface area contributed by atoms with Gasteiger partial charge in [-0.15, -0.1) is 0 Å². The van der Waals surface area contributed by atoms with E-state index in [1.54, 1.807) is 0 Å². The second-order valence-electron chi connectivity index (χ2n) is 5.23. The van der Waals surface area contributed by atoms with Gasteiger partial charge in [-0.3, -0.25) is 4.21 Å². The van der Waals surface area contributed by atoms with Gasteiger partial charge in [-0.25, -0.2) is 0 Å². The number of benzene rings is 1. The monoisotopic (exact) mass is 265 g/mol. The number of hydrogen-bond donors (Lipinski definition) is 1. The summed E-state index contributed by atoms with van der Waals surface area (Å²) in [6.07, 6.45) is 3.96. The summed E-state index contributed by atoms with van der Waals surface area (Å²) in [5.41, 5.74) is 2.78. The molecule has 1 aromatic carbocycles. The summed E-state index contributed by atoms with van der Waals surface area (Å²) in [6.45, 7) is 5.40. The van der Waals surface area contributed by atoms with Crippen LogP contribution >= 0.6 is 0 Å². The molecule has 2 nitrogen and oxygen atoms in total. The van der Waals surface area contributed by atoms with Gasteiger partial charge < -0.3 is 5.32 Å². The molecule has 0 fully saturated rings. The van der Waals surface area contributed by atoms with Gasteiger partial charge in [0.05, 0.1) is 5.25 Å². The number of nitrogens with one attached hydrogen (secondary N) is 1. The second kappa shape index (κ2) is 5.98. The standard InChI is InChI=1S/C15H23NOS/c1-4-9-16-15-13-8-6-5-7-12(13)11(2)10-14(15)18(3)17/h5-8,11,14-16H,4,9-10H2,1-3H3. The Morgan fingerprint density at radius 2 is 2.00 bits per heavy atom. The smallest absolute Gasteiger partial charge is 0.0545 e. The third-order valence-electron chi connectivity index (χ3n) is 3.86. The van der Waals surface area contributed by atoms with Crippen molar-refractivity contribution in [2.45, 2.75) is 43.9 Å². The van der Waals surface area contributed by atoms with Gasteiger partial charge in [0.1, 0.15) is 0 Å². The summed E-state index contributed by atoms with van der Waals surface area (Å²) >= 11 is 0. The van der Waals surface area contributed by atoms with E-state index < -0.39 is 10.8 Å². The van der Waals surface area contributed by atoms with Crippen LogP contribution in [0, 0.1) is 0 Å². The van der Waals surface area contributed by atoms with Crippen molar-refractivity contribution in [1.29, 1.82) is 0 Å². The van der Waals surface area contributed by atoms with Crippen LogP contribution in [0.1, 0.15) is 49.8 Å². The van der Waals surface area contributed by atoms with Crippen LogP contribution in [-0.4, -0.2) is 22.3 Å². The van der Waals surface area contributed by atoms with Crippen LogP contribution in [0.2, 0.25) is 0 Å². The third-order valence-corrected chi connectivity index (χ3v) is 5.18. The van der Waals surface area contributed by atoms with Crippen LogP contribution in [0.5, 0.6) is 0 Å². The molecule has 2 rings (SSSR count). The molecule has 0 amide bonds. The Labute approximate surface area is 113 Å². The molecular formula is C15H23NOS. The summed E-state index contributed by atoms with van der Waals surface area (Å²) in [7, 11) is -0.776.